The summed E-state index contributed by atoms with van der Waals surface area (Å²) in [5.41, 5.74) is 0.267. The molecule has 1 amide bonds. The standard InChI is InChI=1S/C21H31N3O2/c1-4-24(5-2)19(17-10-9-11-18(14-17)26-3)15-23-20(25)21(16-22)12-7-6-8-13-21/h9-11,14,19H,4-8,12-13,15H2,1-3H3,(H,23,25). The van der Waals surface area contributed by atoms with E-state index < -0.39 is 5.41 Å². The molecule has 0 aromatic heterocycles. The second-order valence-electron chi connectivity index (χ2n) is 6.98. The number of methoxy groups -OCH3 is 1. The zero-order valence-corrected chi connectivity index (χ0v) is 16.3. The monoisotopic (exact) mass is 357 g/mol. The van der Waals surface area contributed by atoms with Gasteiger partial charge in [-0.15, -0.1) is 0 Å². The van der Waals surface area contributed by atoms with Gasteiger partial charge in [0, 0.05) is 6.54 Å². The van der Waals surface area contributed by atoms with Crippen molar-refractivity contribution in [1.82, 2.24) is 10.2 Å². The van der Waals surface area contributed by atoms with E-state index in [1.807, 2.05) is 18.2 Å². The molecule has 1 atom stereocenters. The Balaban J connectivity index is 2.16. The molecule has 1 aromatic carbocycles. The van der Waals surface area contributed by atoms with Crippen LogP contribution in [-0.2, 0) is 4.79 Å². The first kappa shape index (κ1) is 20.3. The summed E-state index contributed by atoms with van der Waals surface area (Å²) in [6, 6.07) is 10.4. The quantitative estimate of drug-likeness (QED) is 0.771. The van der Waals surface area contributed by atoms with Crippen molar-refractivity contribution in [2.45, 2.75) is 52.0 Å². The van der Waals surface area contributed by atoms with E-state index in [4.69, 9.17) is 4.74 Å². The number of likely N-dealkylation sites (N-methyl/N-ethyl adjacent to an activating group) is 1. The van der Waals surface area contributed by atoms with Crippen molar-refractivity contribution in [3.63, 3.8) is 0 Å². The first-order valence-electron chi connectivity index (χ1n) is 9.67. The Morgan fingerprint density at radius 1 is 1.31 bits per heavy atom. The van der Waals surface area contributed by atoms with E-state index in [1.54, 1.807) is 7.11 Å². The number of rotatable bonds is 8. The van der Waals surface area contributed by atoms with Crippen LogP contribution in [-0.4, -0.2) is 37.6 Å². The molecule has 0 saturated heterocycles. The van der Waals surface area contributed by atoms with Gasteiger partial charge in [-0.1, -0.05) is 45.2 Å². The molecular formula is C21H31N3O2. The number of carbonyl (C=O) groups is 1. The van der Waals surface area contributed by atoms with Gasteiger partial charge in [0.15, 0.2) is 0 Å². The normalized spacial score (nSPS) is 17.3. The number of hydrogen-bond acceptors (Lipinski definition) is 4. The van der Waals surface area contributed by atoms with E-state index in [2.05, 4.69) is 36.2 Å². The minimum Gasteiger partial charge on any atom is -0.497 e. The molecule has 1 aliphatic carbocycles. The predicted molar refractivity (Wildman–Crippen MR) is 103 cm³/mol. The largest absolute Gasteiger partial charge is 0.497 e. The van der Waals surface area contributed by atoms with Crippen molar-refractivity contribution in [1.29, 1.82) is 5.26 Å². The summed E-state index contributed by atoms with van der Waals surface area (Å²) >= 11 is 0. The Morgan fingerprint density at radius 3 is 2.58 bits per heavy atom. The molecule has 1 saturated carbocycles. The van der Waals surface area contributed by atoms with Crippen molar-refractivity contribution in [3.05, 3.63) is 29.8 Å². The van der Waals surface area contributed by atoms with Gasteiger partial charge in [0.05, 0.1) is 19.2 Å². The lowest BCUT2D eigenvalue weighted by molar-refractivity contribution is -0.129. The van der Waals surface area contributed by atoms with Crippen molar-refractivity contribution in [2.24, 2.45) is 5.41 Å². The van der Waals surface area contributed by atoms with Gasteiger partial charge in [-0.2, -0.15) is 5.26 Å². The highest BCUT2D eigenvalue weighted by Crippen LogP contribution is 2.36. The number of hydrogen-bond donors (Lipinski definition) is 1. The Morgan fingerprint density at radius 2 is 2.00 bits per heavy atom. The molecule has 1 unspecified atom stereocenters. The van der Waals surface area contributed by atoms with E-state index in [0.717, 1.165) is 43.7 Å². The molecule has 0 bridgehead atoms. The number of benzene rings is 1. The molecule has 0 radical (unpaired) electrons. The Kier molecular flexibility index (Phi) is 7.47. The molecular weight excluding hydrogens is 326 g/mol. The molecule has 1 aromatic rings. The Bertz CT molecular complexity index is 628. The molecule has 142 valence electrons. The van der Waals surface area contributed by atoms with Gasteiger partial charge >= 0.3 is 0 Å². The van der Waals surface area contributed by atoms with Crippen molar-refractivity contribution in [3.8, 4) is 11.8 Å². The van der Waals surface area contributed by atoms with Gasteiger partial charge in [0.2, 0.25) is 5.91 Å². The molecule has 0 aliphatic heterocycles. The molecule has 1 N–H and O–H groups in total. The van der Waals surface area contributed by atoms with E-state index in [1.165, 1.54) is 0 Å². The molecule has 0 heterocycles. The van der Waals surface area contributed by atoms with Crippen LogP contribution in [0, 0.1) is 16.7 Å². The molecule has 1 aliphatic rings. The fourth-order valence-electron chi connectivity index (χ4n) is 3.87. The van der Waals surface area contributed by atoms with E-state index >= 15 is 0 Å². The van der Waals surface area contributed by atoms with Gasteiger partial charge in [-0.05, 0) is 43.6 Å². The summed E-state index contributed by atoms with van der Waals surface area (Å²) in [5.74, 6) is 0.700. The van der Waals surface area contributed by atoms with Crippen molar-refractivity contribution < 1.29 is 9.53 Å². The first-order valence-corrected chi connectivity index (χ1v) is 9.67. The van der Waals surface area contributed by atoms with Crippen LogP contribution in [0.5, 0.6) is 5.75 Å². The molecule has 0 spiro atoms. The van der Waals surface area contributed by atoms with Crippen LogP contribution in [0.4, 0.5) is 0 Å². The minimum atomic E-state index is -0.847. The van der Waals surface area contributed by atoms with Gasteiger partial charge in [-0.3, -0.25) is 9.69 Å². The Hall–Kier alpha value is -2.06. The predicted octanol–water partition coefficient (Wildman–Crippen LogP) is 3.67. The van der Waals surface area contributed by atoms with E-state index in [-0.39, 0.29) is 11.9 Å². The zero-order valence-electron chi connectivity index (χ0n) is 16.3. The summed E-state index contributed by atoms with van der Waals surface area (Å²) in [4.78, 5) is 15.1. The highest BCUT2D eigenvalue weighted by Gasteiger charge is 2.40. The third kappa shape index (κ3) is 4.56. The van der Waals surface area contributed by atoms with Crippen LogP contribution in [0.3, 0.4) is 0 Å². The van der Waals surface area contributed by atoms with Crippen LogP contribution < -0.4 is 10.1 Å². The van der Waals surface area contributed by atoms with E-state index in [0.29, 0.717) is 19.4 Å². The van der Waals surface area contributed by atoms with Gasteiger partial charge < -0.3 is 10.1 Å². The average molecular weight is 357 g/mol. The van der Waals surface area contributed by atoms with Gasteiger partial charge in [0.1, 0.15) is 11.2 Å². The van der Waals surface area contributed by atoms with Crippen LogP contribution >= 0.6 is 0 Å². The second-order valence-corrected chi connectivity index (χ2v) is 6.98. The minimum absolute atomic E-state index is 0.0587. The lowest BCUT2D eigenvalue weighted by Crippen LogP contribution is -2.45. The number of amides is 1. The number of nitrogens with one attached hydrogen (secondary N) is 1. The summed E-state index contributed by atoms with van der Waals surface area (Å²) in [5, 5.41) is 12.7. The first-order chi connectivity index (χ1) is 12.6. The van der Waals surface area contributed by atoms with Gasteiger partial charge in [-0.25, -0.2) is 0 Å². The van der Waals surface area contributed by atoms with E-state index in [9.17, 15) is 10.1 Å². The summed E-state index contributed by atoms with van der Waals surface area (Å²) in [6.45, 7) is 6.51. The maximum absolute atomic E-state index is 12.8. The maximum Gasteiger partial charge on any atom is 0.240 e. The number of nitrogens with zero attached hydrogens (tertiary/aromatic N) is 2. The van der Waals surface area contributed by atoms with Gasteiger partial charge in [0.25, 0.3) is 0 Å². The van der Waals surface area contributed by atoms with Crippen LogP contribution in [0.15, 0.2) is 24.3 Å². The number of ether oxygens (including phenoxy) is 1. The molecule has 2 rings (SSSR count). The topological polar surface area (TPSA) is 65.4 Å². The third-order valence-corrected chi connectivity index (χ3v) is 5.54. The average Bonchev–Trinajstić information content (AvgIpc) is 2.71. The Labute approximate surface area is 157 Å². The number of nitriles is 1. The van der Waals surface area contributed by atoms with Crippen LogP contribution in [0.2, 0.25) is 0 Å². The molecule has 5 nitrogen and oxygen atoms in total. The molecule has 5 heteroatoms. The highest BCUT2D eigenvalue weighted by molar-refractivity contribution is 5.85. The third-order valence-electron chi connectivity index (χ3n) is 5.54. The summed E-state index contributed by atoms with van der Waals surface area (Å²) in [7, 11) is 1.66. The fourth-order valence-corrected chi connectivity index (χ4v) is 3.87. The fraction of sp³-hybridized carbons (Fsp3) is 0.619. The summed E-state index contributed by atoms with van der Waals surface area (Å²) in [6.07, 6.45) is 4.37. The summed E-state index contributed by atoms with van der Waals surface area (Å²) < 4.78 is 5.36. The zero-order chi connectivity index (χ0) is 19.0. The van der Waals surface area contributed by atoms with Crippen molar-refractivity contribution >= 4 is 5.91 Å². The lowest BCUT2D eigenvalue weighted by Gasteiger charge is -2.33. The van der Waals surface area contributed by atoms with Crippen molar-refractivity contribution in [2.75, 3.05) is 26.7 Å². The maximum atomic E-state index is 12.8. The van der Waals surface area contributed by atoms with Crippen LogP contribution in [0.1, 0.15) is 57.6 Å². The molecule has 26 heavy (non-hydrogen) atoms. The smallest absolute Gasteiger partial charge is 0.240 e. The lowest BCUT2D eigenvalue weighted by atomic mass is 9.74. The number of carbonyl (C=O) groups excluding carboxylic acids is 1. The van der Waals surface area contributed by atoms with Crippen LogP contribution in [0.25, 0.3) is 0 Å². The molecule has 1 fully saturated rings. The SMILES string of the molecule is CCN(CC)C(CNC(=O)C1(C#N)CCCCC1)c1cccc(OC)c1. The highest BCUT2D eigenvalue weighted by atomic mass is 16.5. The second kappa shape index (κ2) is 9.59.